The molecule has 0 bridgehead atoms. The van der Waals surface area contributed by atoms with Crippen molar-refractivity contribution in [1.29, 1.82) is 0 Å². The Kier molecular flexibility index (Phi) is 30.6. The van der Waals surface area contributed by atoms with E-state index in [1.807, 2.05) is 6.92 Å². The third-order valence-corrected chi connectivity index (χ3v) is 5.73. The molecule has 0 spiro atoms. The van der Waals surface area contributed by atoms with Crippen LogP contribution >= 0.6 is 0 Å². The first-order valence-corrected chi connectivity index (χ1v) is 13.8. The Morgan fingerprint density at radius 3 is 1.56 bits per heavy atom. The summed E-state index contributed by atoms with van der Waals surface area (Å²) in [5, 5.41) is 45.2. The maximum atomic E-state index is 9.57. The average molecular weight is 495 g/mol. The minimum Gasteiger partial charge on any atom is -0.396 e. The van der Waals surface area contributed by atoms with E-state index in [4.69, 9.17) is 29.9 Å². The van der Waals surface area contributed by atoms with Gasteiger partial charge in [0.25, 0.3) is 0 Å². The highest BCUT2D eigenvalue weighted by Gasteiger charge is 2.10. The van der Waals surface area contributed by atoms with Crippen LogP contribution in [0.3, 0.4) is 0 Å². The highest BCUT2D eigenvalue weighted by Crippen LogP contribution is 2.11. The predicted molar refractivity (Wildman–Crippen MR) is 139 cm³/mol. The first-order chi connectivity index (χ1) is 16.4. The molecule has 0 fully saturated rings. The molecule has 0 rings (SSSR count). The first-order valence-electron chi connectivity index (χ1n) is 13.8. The number of unbranched alkanes of at least 4 members (excludes halogenated alkanes) is 10. The maximum Gasteiger partial charge on any atom is 0.100 e. The molecular formula is C27H58O7. The third kappa shape index (κ3) is 28.0. The van der Waals surface area contributed by atoms with Crippen molar-refractivity contribution in [3.8, 4) is 0 Å². The number of aliphatic hydroxyl groups excluding tert-OH is 5. The second kappa shape index (κ2) is 29.0. The van der Waals surface area contributed by atoms with E-state index in [0.29, 0.717) is 6.61 Å². The fraction of sp³-hybridized carbons (Fsp3) is 1.00. The van der Waals surface area contributed by atoms with Gasteiger partial charge in [-0.2, -0.15) is 0 Å². The van der Waals surface area contributed by atoms with Crippen molar-refractivity contribution in [3.63, 3.8) is 0 Å². The highest BCUT2D eigenvalue weighted by atomic mass is 16.5. The number of aliphatic hydroxyl groups is 5. The van der Waals surface area contributed by atoms with E-state index in [0.717, 1.165) is 32.1 Å². The largest absolute Gasteiger partial charge is 0.396 e. The summed E-state index contributed by atoms with van der Waals surface area (Å²) in [4.78, 5) is 0. The average Bonchev–Trinajstić information content (AvgIpc) is 2.85. The summed E-state index contributed by atoms with van der Waals surface area (Å²) in [5.74, 6) is 0.161. The Hall–Kier alpha value is -0.280. The number of rotatable bonds is 24. The predicted octanol–water partition coefficient (Wildman–Crippen LogP) is 4.21. The van der Waals surface area contributed by atoms with Crippen molar-refractivity contribution in [3.05, 3.63) is 0 Å². The first kappa shape index (κ1) is 35.9. The van der Waals surface area contributed by atoms with Gasteiger partial charge in [0.2, 0.25) is 0 Å². The Morgan fingerprint density at radius 1 is 0.559 bits per heavy atom. The number of hydrogen-bond acceptors (Lipinski definition) is 7. The molecule has 208 valence electrons. The summed E-state index contributed by atoms with van der Waals surface area (Å²) in [6, 6.07) is 0. The van der Waals surface area contributed by atoms with Gasteiger partial charge in [0.05, 0.1) is 45.2 Å². The fourth-order valence-corrected chi connectivity index (χ4v) is 3.37. The Morgan fingerprint density at radius 2 is 1.06 bits per heavy atom. The number of hydrogen-bond donors (Lipinski definition) is 5. The Bertz CT molecular complexity index is 371. The molecule has 4 unspecified atom stereocenters. The van der Waals surface area contributed by atoms with Crippen molar-refractivity contribution >= 4 is 0 Å². The van der Waals surface area contributed by atoms with E-state index < -0.39 is 12.2 Å². The molecular weight excluding hydrogens is 436 g/mol. The molecule has 0 aromatic rings. The van der Waals surface area contributed by atoms with Crippen molar-refractivity contribution in [2.75, 3.05) is 39.6 Å². The molecule has 0 amide bonds. The molecule has 0 aliphatic carbocycles. The van der Waals surface area contributed by atoms with Gasteiger partial charge in [0, 0.05) is 12.5 Å². The van der Waals surface area contributed by atoms with Crippen LogP contribution in [0, 0.1) is 5.92 Å². The molecule has 0 heterocycles. The second-order valence-corrected chi connectivity index (χ2v) is 9.57. The van der Waals surface area contributed by atoms with E-state index >= 15 is 0 Å². The third-order valence-electron chi connectivity index (χ3n) is 5.73. The van der Waals surface area contributed by atoms with Gasteiger partial charge in [0.1, 0.15) is 6.10 Å². The van der Waals surface area contributed by atoms with Gasteiger partial charge in [-0.3, -0.25) is 0 Å². The SMILES string of the molecule is CCCCCCCCC(CO)OCC(C)CO.CCCCCCCCC(O)COCC(O)CO. The van der Waals surface area contributed by atoms with Crippen LogP contribution in [0.1, 0.15) is 111 Å². The van der Waals surface area contributed by atoms with Gasteiger partial charge < -0.3 is 35.0 Å². The van der Waals surface area contributed by atoms with E-state index in [-0.39, 0.29) is 45.1 Å². The smallest absolute Gasteiger partial charge is 0.100 e. The van der Waals surface area contributed by atoms with Crippen LogP contribution < -0.4 is 0 Å². The monoisotopic (exact) mass is 494 g/mol. The maximum absolute atomic E-state index is 9.57. The van der Waals surface area contributed by atoms with Gasteiger partial charge >= 0.3 is 0 Å². The van der Waals surface area contributed by atoms with E-state index in [9.17, 15) is 5.11 Å². The lowest BCUT2D eigenvalue weighted by Gasteiger charge is -2.17. The minimum absolute atomic E-state index is 0.0461. The zero-order valence-electron chi connectivity index (χ0n) is 22.5. The summed E-state index contributed by atoms with van der Waals surface area (Å²) < 4.78 is 10.6. The highest BCUT2D eigenvalue weighted by molar-refractivity contribution is 4.59. The summed E-state index contributed by atoms with van der Waals surface area (Å²) in [6.45, 7) is 7.17. The topological polar surface area (TPSA) is 120 Å². The summed E-state index contributed by atoms with van der Waals surface area (Å²) >= 11 is 0. The molecule has 4 atom stereocenters. The molecule has 0 radical (unpaired) electrons. The van der Waals surface area contributed by atoms with Crippen molar-refractivity contribution in [2.45, 2.75) is 129 Å². The summed E-state index contributed by atoms with van der Waals surface area (Å²) in [7, 11) is 0. The molecule has 34 heavy (non-hydrogen) atoms. The quantitative estimate of drug-likeness (QED) is 0.128. The van der Waals surface area contributed by atoms with Crippen LogP contribution in [0.2, 0.25) is 0 Å². The molecule has 0 saturated heterocycles. The van der Waals surface area contributed by atoms with Crippen LogP contribution in [0.15, 0.2) is 0 Å². The normalized spacial score (nSPS) is 14.8. The van der Waals surface area contributed by atoms with Crippen molar-refractivity contribution < 1.29 is 35.0 Å². The van der Waals surface area contributed by atoms with Crippen molar-refractivity contribution in [1.82, 2.24) is 0 Å². The van der Waals surface area contributed by atoms with Crippen molar-refractivity contribution in [2.24, 2.45) is 5.92 Å². The lowest BCUT2D eigenvalue weighted by Crippen LogP contribution is -2.23. The van der Waals surface area contributed by atoms with E-state index in [1.54, 1.807) is 0 Å². The van der Waals surface area contributed by atoms with Gasteiger partial charge in [-0.05, 0) is 12.8 Å². The number of ether oxygens (including phenoxy) is 2. The molecule has 7 heteroatoms. The lowest BCUT2D eigenvalue weighted by atomic mass is 10.1. The van der Waals surface area contributed by atoms with Crippen LogP contribution in [0.5, 0.6) is 0 Å². The molecule has 7 nitrogen and oxygen atoms in total. The van der Waals surface area contributed by atoms with E-state index in [1.165, 1.54) is 57.8 Å². The standard InChI is InChI=1S/C14H30O3.C13H28O4/c1-3-4-5-6-7-8-9-14(11-16)17-12-13(2)10-15;1-2-3-4-5-6-7-8-12(15)10-17-11-13(16)9-14/h13-16H,3-12H2,1-2H3;12-16H,2-11H2,1H3. The van der Waals surface area contributed by atoms with Gasteiger partial charge in [0.15, 0.2) is 0 Å². The zero-order valence-corrected chi connectivity index (χ0v) is 22.5. The van der Waals surface area contributed by atoms with E-state index in [2.05, 4.69) is 13.8 Å². The molecule has 0 aromatic carbocycles. The summed E-state index contributed by atoms with van der Waals surface area (Å²) in [6.07, 6.45) is 15.2. The van der Waals surface area contributed by atoms with Crippen LogP contribution in [-0.4, -0.2) is 83.5 Å². The Labute approximate surface area is 209 Å². The molecule has 0 aromatic heterocycles. The second-order valence-electron chi connectivity index (χ2n) is 9.57. The van der Waals surface area contributed by atoms with Crippen LogP contribution in [0.25, 0.3) is 0 Å². The molecule has 0 aliphatic rings. The van der Waals surface area contributed by atoms with Gasteiger partial charge in [-0.25, -0.2) is 0 Å². The Balaban J connectivity index is 0. The molecule has 0 saturated carbocycles. The van der Waals surface area contributed by atoms with Gasteiger partial charge in [-0.15, -0.1) is 0 Å². The summed E-state index contributed by atoms with van der Waals surface area (Å²) in [5.41, 5.74) is 0. The molecule has 0 aliphatic heterocycles. The zero-order chi connectivity index (χ0) is 25.9. The van der Waals surface area contributed by atoms with Crippen LogP contribution in [0.4, 0.5) is 0 Å². The molecule has 5 N–H and O–H groups in total. The van der Waals surface area contributed by atoms with Gasteiger partial charge in [-0.1, -0.05) is 97.8 Å². The van der Waals surface area contributed by atoms with Crippen LogP contribution in [-0.2, 0) is 9.47 Å². The fourth-order valence-electron chi connectivity index (χ4n) is 3.37. The minimum atomic E-state index is -0.837. The lowest BCUT2D eigenvalue weighted by molar-refractivity contribution is -0.0262.